The Labute approximate surface area is 152 Å². The maximum atomic E-state index is 12.9. The third-order valence-corrected chi connectivity index (χ3v) is 4.52. The average Bonchev–Trinajstić information content (AvgIpc) is 2.61. The van der Waals surface area contributed by atoms with Crippen LogP contribution in [0, 0.1) is 25.6 Å². The Morgan fingerprint density at radius 2 is 1.77 bits per heavy atom. The van der Waals surface area contributed by atoms with Crippen LogP contribution in [0.25, 0.3) is 0 Å². The Morgan fingerprint density at radius 1 is 1.15 bits per heavy atom. The molecule has 0 atom stereocenters. The molecule has 1 fully saturated rings. The largest absolute Gasteiger partial charge is 0.341 e. The lowest BCUT2D eigenvalue weighted by Crippen LogP contribution is -2.40. The lowest BCUT2D eigenvalue weighted by atomic mass is 9.97. The minimum Gasteiger partial charge on any atom is -0.341 e. The van der Waals surface area contributed by atoms with Crippen LogP contribution < -0.4 is 15.5 Å². The van der Waals surface area contributed by atoms with Gasteiger partial charge in [0, 0.05) is 36.7 Å². The molecule has 6 nitrogen and oxygen atoms in total. The van der Waals surface area contributed by atoms with E-state index in [1.165, 1.54) is 24.3 Å². The normalized spacial score (nSPS) is 15.0. The van der Waals surface area contributed by atoms with Crippen molar-refractivity contribution in [3.8, 4) is 0 Å². The number of hydrogen-bond acceptors (Lipinski definition) is 4. The first-order valence-electron chi connectivity index (χ1n) is 8.87. The highest BCUT2D eigenvalue weighted by molar-refractivity contribution is 5.89. The molecule has 1 aromatic carbocycles. The summed E-state index contributed by atoms with van der Waals surface area (Å²) < 4.78 is 12.9. The molecule has 0 saturated carbocycles. The number of piperidine rings is 1. The van der Waals surface area contributed by atoms with E-state index in [-0.39, 0.29) is 11.8 Å². The highest BCUT2D eigenvalue weighted by Crippen LogP contribution is 2.20. The number of benzene rings is 1. The second-order valence-corrected chi connectivity index (χ2v) is 6.72. The summed E-state index contributed by atoms with van der Waals surface area (Å²) in [6, 6.07) is 7.42. The second-order valence-electron chi connectivity index (χ2n) is 6.72. The maximum Gasteiger partial charge on any atom is 0.319 e. The number of nitrogens with zero attached hydrogens (tertiary/aromatic N) is 3. The second kappa shape index (κ2) is 8.12. The first-order valence-corrected chi connectivity index (χ1v) is 8.87. The third kappa shape index (κ3) is 4.91. The molecule has 1 aromatic heterocycles. The summed E-state index contributed by atoms with van der Waals surface area (Å²) >= 11 is 0. The van der Waals surface area contributed by atoms with Gasteiger partial charge >= 0.3 is 6.03 Å². The van der Waals surface area contributed by atoms with Crippen LogP contribution in [0.5, 0.6) is 0 Å². The number of rotatable bonds is 4. The number of carbonyl (C=O) groups is 1. The molecule has 0 unspecified atom stereocenters. The van der Waals surface area contributed by atoms with Crippen molar-refractivity contribution >= 4 is 17.7 Å². The van der Waals surface area contributed by atoms with Crippen LogP contribution >= 0.6 is 0 Å². The van der Waals surface area contributed by atoms with Crippen LogP contribution in [-0.4, -0.2) is 35.6 Å². The summed E-state index contributed by atoms with van der Waals surface area (Å²) in [6.45, 7) is 6.35. The van der Waals surface area contributed by atoms with Crippen molar-refractivity contribution in [2.24, 2.45) is 5.92 Å². The van der Waals surface area contributed by atoms with Gasteiger partial charge < -0.3 is 15.5 Å². The predicted octanol–water partition coefficient (Wildman–Crippen LogP) is 3.27. The molecule has 2 aromatic rings. The molecule has 0 bridgehead atoms. The summed E-state index contributed by atoms with van der Waals surface area (Å²) in [5, 5.41) is 5.60. The van der Waals surface area contributed by atoms with Gasteiger partial charge in [-0.3, -0.25) is 0 Å². The number of hydrogen-bond donors (Lipinski definition) is 2. The fourth-order valence-electron chi connectivity index (χ4n) is 3.13. The molecule has 3 rings (SSSR count). The Bertz CT molecular complexity index is 737. The van der Waals surface area contributed by atoms with Gasteiger partial charge in [-0.15, -0.1) is 0 Å². The molecule has 2 amide bonds. The zero-order valence-electron chi connectivity index (χ0n) is 15.1. The number of anilines is 2. The number of aryl methyl sites for hydroxylation is 2. The van der Waals surface area contributed by atoms with E-state index >= 15 is 0 Å². The average molecular weight is 357 g/mol. The number of amides is 2. The predicted molar refractivity (Wildman–Crippen MR) is 99.9 cm³/mol. The van der Waals surface area contributed by atoms with Gasteiger partial charge in [0.15, 0.2) is 0 Å². The van der Waals surface area contributed by atoms with Crippen LogP contribution in [0.2, 0.25) is 0 Å². The van der Waals surface area contributed by atoms with Crippen LogP contribution in [-0.2, 0) is 0 Å². The van der Waals surface area contributed by atoms with Crippen LogP contribution in [0.15, 0.2) is 30.3 Å². The van der Waals surface area contributed by atoms with Crippen molar-refractivity contribution in [3.63, 3.8) is 0 Å². The molecular formula is C19H24FN5O. The quantitative estimate of drug-likeness (QED) is 0.881. The van der Waals surface area contributed by atoms with E-state index in [1.54, 1.807) is 0 Å². The molecule has 7 heteroatoms. The van der Waals surface area contributed by atoms with Crippen molar-refractivity contribution in [1.82, 2.24) is 15.3 Å². The van der Waals surface area contributed by atoms with Gasteiger partial charge in [0.25, 0.3) is 0 Å². The minimum atomic E-state index is -0.324. The molecule has 2 N–H and O–H groups in total. The Morgan fingerprint density at radius 3 is 2.38 bits per heavy atom. The van der Waals surface area contributed by atoms with Crippen molar-refractivity contribution in [3.05, 3.63) is 47.5 Å². The molecule has 0 aliphatic carbocycles. The van der Waals surface area contributed by atoms with E-state index in [0.717, 1.165) is 43.3 Å². The van der Waals surface area contributed by atoms with Gasteiger partial charge in [-0.1, -0.05) is 0 Å². The number of carbonyl (C=O) groups excluding carboxylic acids is 1. The standard InChI is InChI=1S/C19H24FN5O/c1-13-11-14(2)23-18(22-13)25-9-7-15(8-10-25)12-21-19(26)24-17-5-3-16(20)4-6-17/h3-6,11,15H,7-10,12H2,1-2H3,(H2,21,24,26). The van der Waals surface area contributed by atoms with E-state index in [9.17, 15) is 9.18 Å². The van der Waals surface area contributed by atoms with Crippen molar-refractivity contribution in [1.29, 1.82) is 0 Å². The Balaban J connectivity index is 1.43. The third-order valence-electron chi connectivity index (χ3n) is 4.52. The topological polar surface area (TPSA) is 70.2 Å². The number of nitrogens with one attached hydrogen (secondary N) is 2. The molecule has 2 heterocycles. The smallest absolute Gasteiger partial charge is 0.319 e. The molecule has 26 heavy (non-hydrogen) atoms. The SMILES string of the molecule is Cc1cc(C)nc(N2CCC(CNC(=O)Nc3ccc(F)cc3)CC2)n1. The summed E-state index contributed by atoms with van der Waals surface area (Å²) in [7, 11) is 0. The minimum absolute atomic E-state index is 0.267. The molecule has 0 radical (unpaired) electrons. The van der Waals surface area contributed by atoms with Crippen molar-refractivity contribution in [2.75, 3.05) is 29.9 Å². The first-order chi connectivity index (χ1) is 12.5. The molecule has 0 spiro atoms. The fourth-order valence-corrected chi connectivity index (χ4v) is 3.13. The van der Waals surface area contributed by atoms with Crippen LogP contribution in [0.3, 0.4) is 0 Å². The lowest BCUT2D eigenvalue weighted by molar-refractivity contribution is 0.248. The summed E-state index contributed by atoms with van der Waals surface area (Å²) in [4.78, 5) is 23.2. The van der Waals surface area contributed by atoms with E-state index in [0.29, 0.717) is 18.2 Å². The van der Waals surface area contributed by atoms with Crippen LogP contribution in [0.4, 0.5) is 20.8 Å². The highest BCUT2D eigenvalue weighted by atomic mass is 19.1. The van der Waals surface area contributed by atoms with E-state index < -0.39 is 0 Å². The Kier molecular flexibility index (Phi) is 5.65. The summed E-state index contributed by atoms with van der Waals surface area (Å²) in [5.74, 6) is 0.898. The highest BCUT2D eigenvalue weighted by Gasteiger charge is 2.21. The fraction of sp³-hybridized carbons (Fsp3) is 0.421. The number of urea groups is 1. The summed E-state index contributed by atoms with van der Waals surface area (Å²) in [6.07, 6.45) is 1.96. The zero-order chi connectivity index (χ0) is 18.5. The van der Waals surface area contributed by atoms with Gasteiger partial charge in [0.2, 0.25) is 5.95 Å². The van der Waals surface area contributed by atoms with Gasteiger partial charge in [0.1, 0.15) is 5.82 Å². The molecular weight excluding hydrogens is 333 g/mol. The summed E-state index contributed by atoms with van der Waals surface area (Å²) in [5.41, 5.74) is 2.54. The van der Waals surface area contributed by atoms with Gasteiger partial charge in [-0.2, -0.15) is 0 Å². The monoisotopic (exact) mass is 357 g/mol. The van der Waals surface area contributed by atoms with Gasteiger partial charge in [0.05, 0.1) is 0 Å². The van der Waals surface area contributed by atoms with E-state index in [2.05, 4.69) is 25.5 Å². The van der Waals surface area contributed by atoms with Gasteiger partial charge in [-0.05, 0) is 62.9 Å². The first kappa shape index (κ1) is 18.1. The lowest BCUT2D eigenvalue weighted by Gasteiger charge is -2.32. The molecule has 1 aliphatic heterocycles. The zero-order valence-corrected chi connectivity index (χ0v) is 15.1. The molecule has 1 aliphatic rings. The number of halogens is 1. The Hall–Kier alpha value is -2.70. The van der Waals surface area contributed by atoms with Crippen LogP contribution in [0.1, 0.15) is 24.2 Å². The van der Waals surface area contributed by atoms with E-state index in [4.69, 9.17) is 0 Å². The maximum absolute atomic E-state index is 12.9. The van der Waals surface area contributed by atoms with Crippen molar-refractivity contribution < 1.29 is 9.18 Å². The van der Waals surface area contributed by atoms with E-state index in [1.807, 2.05) is 19.9 Å². The molecule has 1 saturated heterocycles. The molecule has 138 valence electrons. The van der Waals surface area contributed by atoms with Gasteiger partial charge in [-0.25, -0.2) is 19.2 Å². The van der Waals surface area contributed by atoms with Crippen molar-refractivity contribution in [2.45, 2.75) is 26.7 Å². The number of aromatic nitrogens is 2.